The Hall–Kier alpha value is -0.980. The van der Waals surface area contributed by atoms with E-state index in [9.17, 15) is 0 Å². The quantitative estimate of drug-likeness (QED) is 0.560. The van der Waals surface area contributed by atoms with Gasteiger partial charge in [0.2, 0.25) is 0 Å². The molecule has 2 heteroatoms. The van der Waals surface area contributed by atoms with Gasteiger partial charge in [-0.25, -0.2) is 0 Å². The lowest BCUT2D eigenvalue weighted by molar-refractivity contribution is 0.857. The van der Waals surface area contributed by atoms with E-state index in [1.165, 1.54) is 16.7 Å². The molecule has 0 unspecified atom stereocenters. The van der Waals surface area contributed by atoms with Crippen LogP contribution >= 0.6 is 23.2 Å². The third-order valence-electron chi connectivity index (χ3n) is 3.87. The van der Waals surface area contributed by atoms with Gasteiger partial charge in [-0.3, -0.25) is 0 Å². The summed E-state index contributed by atoms with van der Waals surface area (Å²) in [5.41, 5.74) is 5.88. The molecular weight excluding hydrogens is 299 g/mol. The van der Waals surface area contributed by atoms with E-state index in [1.54, 1.807) is 0 Å². The van der Waals surface area contributed by atoms with Crippen molar-refractivity contribution < 1.29 is 0 Å². The number of halogens is 2. The first-order valence-corrected chi connectivity index (χ1v) is 8.16. The summed E-state index contributed by atoms with van der Waals surface area (Å²) in [6.07, 6.45) is 0. The molecule has 0 aliphatic carbocycles. The molecule has 0 saturated heterocycles. The van der Waals surface area contributed by atoms with Crippen molar-refractivity contribution in [2.75, 3.05) is 0 Å². The smallest absolute Gasteiger partial charge is 0.0449 e. The first kappa shape index (κ1) is 16.4. The molecule has 2 rings (SSSR count). The van der Waals surface area contributed by atoms with Crippen LogP contribution in [-0.2, 0) is 0 Å². The second kappa shape index (κ2) is 6.42. The Morgan fingerprint density at radius 1 is 0.762 bits per heavy atom. The maximum absolute atomic E-state index is 6.47. The summed E-state index contributed by atoms with van der Waals surface area (Å²) < 4.78 is 0. The zero-order valence-corrected chi connectivity index (χ0v) is 14.8. The summed E-state index contributed by atoms with van der Waals surface area (Å²) in [5.74, 6) is 0.860. The van der Waals surface area contributed by atoms with Crippen LogP contribution in [-0.4, -0.2) is 0 Å². The first-order chi connectivity index (χ1) is 9.81. The maximum atomic E-state index is 6.47. The van der Waals surface area contributed by atoms with Gasteiger partial charge in [-0.1, -0.05) is 69.1 Å². The van der Waals surface area contributed by atoms with Gasteiger partial charge < -0.3 is 0 Å². The van der Waals surface area contributed by atoms with Gasteiger partial charge in [0.05, 0.1) is 0 Å². The van der Waals surface area contributed by atoms with Crippen LogP contribution in [0.1, 0.15) is 56.2 Å². The Kier molecular flexibility index (Phi) is 5.01. The molecule has 0 amide bonds. The molecular formula is C19H22Cl2. The van der Waals surface area contributed by atoms with Crippen LogP contribution in [0.5, 0.6) is 0 Å². The number of hydrogen-bond donors (Lipinski definition) is 0. The van der Waals surface area contributed by atoms with Gasteiger partial charge in [-0.05, 0) is 58.7 Å². The highest BCUT2D eigenvalue weighted by molar-refractivity contribution is 6.32. The van der Waals surface area contributed by atoms with Crippen LogP contribution in [0, 0.1) is 6.92 Å². The van der Waals surface area contributed by atoms with Gasteiger partial charge in [0, 0.05) is 10.0 Å². The number of hydrogen-bond acceptors (Lipinski definition) is 0. The van der Waals surface area contributed by atoms with Crippen LogP contribution in [0.25, 0.3) is 11.1 Å². The molecule has 2 aromatic rings. The van der Waals surface area contributed by atoms with Crippen LogP contribution < -0.4 is 0 Å². The van der Waals surface area contributed by atoms with Gasteiger partial charge in [0.15, 0.2) is 0 Å². The van der Waals surface area contributed by atoms with Gasteiger partial charge in [-0.2, -0.15) is 0 Å². The molecule has 0 spiro atoms. The topological polar surface area (TPSA) is 0 Å². The van der Waals surface area contributed by atoms with Crippen LogP contribution in [0.3, 0.4) is 0 Å². The third kappa shape index (κ3) is 3.44. The van der Waals surface area contributed by atoms with E-state index in [2.05, 4.69) is 52.8 Å². The van der Waals surface area contributed by atoms with E-state index in [-0.39, 0.29) is 0 Å². The van der Waals surface area contributed by atoms with Gasteiger partial charge >= 0.3 is 0 Å². The fourth-order valence-corrected chi connectivity index (χ4v) is 3.71. The first-order valence-electron chi connectivity index (χ1n) is 7.41. The summed E-state index contributed by atoms with van der Waals surface area (Å²) >= 11 is 12.9. The van der Waals surface area contributed by atoms with Gasteiger partial charge in [0.25, 0.3) is 0 Å². The standard InChI is InChI=1S/C19H22Cl2/c1-11(2)16-7-6-14(9-17(16)20)15-8-13(5)19(12(3)4)18(21)10-15/h6-12H,1-5H3. The molecule has 0 radical (unpaired) electrons. The number of aryl methyl sites for hydroxylation is 1. The SMILES string of the molecule is Cc1cc(-c2ccc(C(C)C)c(Cl)c2)cc(Cl)c1C(C)C. The monoisotopic (exact) mass is 320 g/mol. The molecule has 0 atom stereocenters. The fourth-order valence-electron chi connectivity index (χ4n) is 2.83. The molecule has 2 aromatic carbocycles. The van der Waals surface area contributed by atoms with E-state index in [4.69, 9.17) is 23.2 Å². The predicted octanol–water partition coefficient (Wildman–Crippen LogP) is 7.22. The minimum atomic E-state index is 0.429. The van der Waals surface area contributed by atoms with E-state index >= 15 is 0 Å². The highest BCUT2D eigenvalue weighted by atomic mass is 35.5. The Labute approximate surface area is 138 Å². The van der Waals surface area contributed by atoms with Crippen molar-refractivity contribution >= 4 is 23.2 Å². The zero-order valence-electron chi connectivity index (χ0n) is 13.3. The number of benzene rings is 2. The lowest BCUT2D eigenvalue weighted by Crippen LogP contribution is -1.95. The van der Waals surface area contributed by atoms with E-state index in [1.807, 2.05) is 12.1 Å². The predicted molar refractivity (Wildman–Crippen MR) is 94.8 cm³/mol. The lowest BCUT2D eigenvalue weighted by atomic mass is 9.93. The molecule has 0 saturated carbocycles. The van der Waals surface area contributed by atoms with Crippen molar-refractivity contribution in [3.8, 4) is 11.1 Å². The van der Waals surface area contributed by atoms with Crippen molar-refractivity contribution in [3.63, 3.8) is 0 Å². The highest BCUT2D eigenvalue weighted by Crippen LogP contribution is 2.35. The Balaban J connectivity index is 2.51. The summed E-state index contributed by atoms with van der Waals surface area (Å²) in [5, 5.41) is 1.66. The lowest BCUT2D eigenvalue weighted by Gasteiger charge is -2.15. The van der Waals surface area contributed by atoms with Gasteiger partial charge in [0.1, 0.15) is 0 Å². The van der Waals surface area contributed by atoms with Gasteiger partial charge in [-0.15, -0.1) is 0 Å². The van der Waals surface area contributed by atoms with Crippen molar-refractivity contribution in [3.05, 3.63) is 57.1 Å². The van der Waals surface area contributed by atoms with Crippen LogP contribution in [0.15, 0.2) is 30.3 Å². The normalized spacial score (nSPS) is 11.5. The minimum Gasteiger partial charge on any atom is -0.0840 e. The average molecular weight is 321 g/mol. The average Bonchev–Trinajstić information content (AvgIpc) is 2.36. The highest BCUT2D eigenvalue weighted by Gasteiger charge is 2.12. The van der Waals surface area contributed by atoms with E-state index < -0.39 is 0 Å². The summed E-state index contributed by atoms with van der Waals surface area (Å²) in [6, 6.07) is 10.5. The van der Waals surface area contributed by atoms with Crippen molar-refractivity contribution in [1.82, 2.24) is 0 Å². The zero-order chi connectivity index (χ0) is 15.7. The summed E-state index contributed by atoms with van der Waals surface area (Å²) in [7, 11) is 0. The second-order valence-corrected chi connectivity index (χ2v) is 7.05. The molecule has 0 fully saturated rings. The van der Waals surface area contributed by atoms with Crippen LogP contribution in [0.4, 0.5) is 0 Å². The minimum absolute atomic E-state index is 0.429. The molecule has 0 N–H and O–H groups in total. The maximum Gasteiger partial charge on any atom is 0.0449 e. The van der Waals surface area contributed by atoms with Crippen molar-refractivity contribution in [1.29, 1.82) is 0 Å². The van der Waals surface area contributed by atoms with Crippen molar-refractivity contribution in [2.45, 2.75) is 46.5 Å². The third-order valence-corrected chi connectivity index (χ3v) is 4.51. The molecule has 112 valence electrons. The van der Waals surface area contributed by atoms with E-state index in [0.717, 1.165) is 21.2 Å². The van der Waals surface area contributed by atoms with E-state index in [0.29, 0.717) is 11.8 Å². The summed E-state index contributed by atoms with van der Waals surface area (Å²) in [4.78, 5) is 0. The molecule has 0 aromatic heterocycles. The Morgan fingerprint density at radius 3 is 1.86 bits per heavy atom. The fraction of sp³-hybridized carbons (Fsp3) is 0.368. The van der Waals surface area contributed by atoms with Crippen LogP contribution in [0.2, 0.25) is 10.0 Å². The molecule has 21 heavy (non-hydrogen) atoms. The number of rotatable bonds is 3. The largest absolute Gasteiger partial charge is 0.0840 e. The Bertz CT molecular complexity index is 632. The Morgan fingerprint density at radius 2 is 1.38 bits per heavy atom. The molecule has 0 aliphatic heterocycles. The molecule has 0 nitrogen and oxygen atoms in total. The molecule has 0 bridgehead atoms. The summed E-state index contributed by atoms with van der Waals surface area (Å²) in [6.45, 7) is 10.8. The molecule has 0 aliphatic rings. The molecule has 0 heterocycles. The second-order valence-electron chi connectivity index (χ2n) is 6.23. The van der Waals surface area contributed by atoms with Crippen molar-refractivity contribution in [2.24, 2.45) is 0 Å².